The Balaban J connectivity index is 1.40. The predicted octanol–water partition coefficient (Wildman–Crippen LogP) is 1.00. The lowest BCUT2D eigenvalue weighted by molar-refractivity contribution is -0.130. The first-order chi connectivity index (χ1) is 12.1. The second-order valence-corrected chi connectivity index (χ2v) is 6.76. The minimum absolute atomic E-state index is 0.0590. The number of fused-ring (bicyclic) bond motifs is 2. The Morgan fingerprint density at radius 2 is 2.04 bits per heavy atom. The van der Waals surface area contributed by atoms with Gasteiger partial charge in [0.05, 0.1) is 11.4 Å². The van der Waals surface area contributed by atoms with Crippen molar-refractivity contribution in [3.05, 3.63) is 41.2 Å². The molecule has 0 saturated carbocycles. The fourth-order valence-corrected chi connectivity index (χ4v) is 3.70. The summed E-state index contributed by atoms with van der Waals surface area (Å²) in [4.78, 5) is 27.1. The van der Waals surface area contributed by atoms with Gasteiger partial charge >= 0.3 is 0 Å². The molecule has 7 heteroatoms. The summed E-state index contributed by atoms with van der Waals surface area (Å²) in [6, 6.07) is 7.38. The van der Waals surface area contributed by atoms with Crippen molar-refractivity contribution in [2.24, 2.45) is 5.92 Å². The summed E-state index contributed by atoms with van der Waals surface area (Å²) in [5.74, 6) is -0.295. The van der Waals surface area contributed by atoms with Gasteiger partial charge in [-0.15, -0.1) is 0 Å². The molecule has 7 nitrogen and oxygen atoms in total. The van der Waals surface area contributed by atoms with Crippen molar-refractivity contribution >= 4 is 17.5 Å². The zero-order valence-electron chi connectivity index (χ0n) is 14.2. The number of carbonyl (C=O) groups excluding carboxylic acids is 2. The Labute approximate surface area is 145 Å². The van der Waals surface area contributed by atoms with Gasteiger partial charge in [0.15, 0.2) is 0 Å². The highest BCUT2D eigenvalue weighted by atomic mass is 16.2. The second-order valence-electron chi connectivity index (χ2n) is 6.76. The standard InChI is InChI=1S/C18H21N5O2/c1-11(18(25)23-9-8-12-4-2-3-5-16(12)23)19-17(24)13-6-7-14-15(10-13)21-22-20-14/h2-5,11,13H,6-10H2,1H3,(H,19,24)(H,20,21,22)/t11-,13+/m1/s1. The molecule has 0 radical (unpaired) electrons. The molecule has 130 valence electrons. The monoisotopic (exact) mass is 339 g/mol. The van der Waals surface area contributed by atoms with Gasteiger partial charge in [-0.3, -0.25) is 9.59 Å². The molecule has 1 aliphatic heterocycles. The lowest BCUT2D eigenvalue weighted by atomic mass is 9.89. The van der Waals surface area contributed by atoms with Crippen LogP contribution in [0.4, 0.5) is 5.69 Å². The van der Waals surface area contributed by atoms with Gasteiger partial charge in [-0.1, -0.05) is 18.2 Å². The molecular weight excluding hydrogens is 318 g/mol. The average Bonchev–Trinajstić information content (AvgIpc) is 3.26. The van der Waals surface area contributed by atoms with E-state index in [1.165, 1.54) is 5.56 Å². The minimum Gasteiger partial charge on any atom is -0.344 e. The van der Waals surface area contributed by atoms with Crippen molar-refractivity contribution in [2.75, 3.05) is 11.4 Å². The van der Waals surface area contributed by atoms with E-state index in [2.05, 4.69) is 20.7 Å². The number of nitrogens with zero attached hydrogens (tertiary/aromatic N) is 3. The molecule has 4 rings (SSSR count). The molecule has 0 bridgehead atoms. The number of anilines is 1. The number of benzene rings is 1. The Hall–Kier alpha value is -2.70. The quantitative estimate of drug-likeness (QED) is 0.873. The largest absolute Gasteiger partial charge is 0.344 e. The molecule has 2 aromatic rings. The van der Waals surface area contributed by atoms with Gasteiger partial charge in [0, 0.05) is 24.6 Å². The van der Waals surface area contributed by atoms with Crippen LogP contribution in [0.5, 0.6) is 0 Å². The molecule has 1 aromatic heterocycles. The Morgan fingerprint density at radius 1 is 1.24 bits per heavy atom. The van der Waals surface area contributed by atoms with Crippen LogP contribution in [0, 0.1) is 5.92 Å². The Morgan fingerprint density at radius 3 is 2.92 bits per heavy atom. The van der Waals surface area contributed by atoms with Crippen molar-refractivity contribution in [2.45, 2.75) is 38.6 Å². The van der Waals surface area contributed by atoms with Gasteiger partial charge in [0.2, 0.25) is 11.8 Å². The van der Waals surface area contributed by atoms with Crippen LogP contribution in [0.25, 0.3) is 0 Å². The van der Waals surface area contributed by atoms with E-state index in [0.29, 0.717) is 13.0 Å². The zero-order valence-corrected chi connectivity index (χ0v) is 14.2. The molecule has 1 aromatic carbocycles. The molecule has 0 unspecified atom stereocenters. The predicted molar refractivity (Wildman–Crippen MR) is 92.0 cm³/mol. The number of hydrogen-bond acceptors (Lipinski definition) is 4. The van der Waals surface area contributed by atoms with Gasteiger partial charge in [0.25, 0.3) is 0 Å². The van der Waals surface area contributed by atoms with Crippen molar-refractivity contribution in [1.29, 1.82) is 0 Å². The number of amides is 2. The van der Waals surface area contributed by atoms with Gasteiger partial charge in [0.1, 0.15) is 6.04 Å². The molecule has 0 saturated heterocycles. The summed E-state index contributed by atoms with van der Waals surface area (Å²) in [5, 5.41) is 13.7. The molecule has 2 atom stereocenters. The van der Waals surface area contributed by atoms with E-state index in [-0.39, 0.29) is 17.7 Å². The molecule has 2 N–H and O–H groups in total. The number of rotatable bonds is 3. The van der Waals surface area contributed by atoms with Crippen molar-refractivity contribution in [3.63, 3.8) is 0 Å². The van der Waals surface area contributed by atoms with Crippen LogP contribution in [0.15, 0.2) is 24.3 Å². The molecule has 0 fully saturated rings. The maximum absolute atomic E-state index is 12.8. The van der Waals surface area contributed by atoms with E-state index in [4.69, 9.17) is 0 Å². The van der Waals surface area contributed by atoms with E-state index in [1.807, 2.05) is 24.3 Å². The van der Waals surface area contributed by atoms with Crippen LogP contribution in [0.3, 0.4) is 0 Å². The fourth-order valence-electron chi connectivity index (χ4n) is 3.70. The van der Waals surface area contributed by atoms with Crippen LogP contribution in [-0.4, -0.2) is 39.8 Å². The number of aromatic nitrogens is 3. The normalized spacial score (nSPS) is 19.9. The number of carbonyl (C=O) groups is 2. The SMILES string of the molecule is C[C@@H](NC(=O)[C@H]1CCc2n[nH]nc2C1)C(=O)N1CCc2ccccc21. The highest BCUT2D eigenvalue weighted by molar-refractivity contribution is 6.00. The Kier molecular flexibility index (Phi) is 3.99. The van der Waals surface area contributed by atoms with Gasteiger partial charge < -0.3 is 10.2 Å². The molecule has 25 heavy (non-hydrogen) atoms. The number of H-pyrrole nitrogens is 1. The molecule has 1 aliphatic carbocycles. The topological polar surface area (TPSA) is 91.0 Å². The lowest BCUT2D eigenvalue weighted by Crippen LogP contribution is -2.48. The second kappa shape index (κ2) is 6.31. The van der Waals surface area contributed by atoms with Crippen molar-refractivity contribution in [1.82, 2.24) is 20.7 Å². The van der Waals surface area contributed by atoms with Gasteiger partial charge in [-0.05, 0) is 37.8 Å². The maximum Gasteiger partial charge on any atom is 0.249 e. The minimum atomic E-state index is -0.544. The van der Waals surface area contributed by atoms with Crippen LogP contribution in [0.1, 0.15) is 30.3 Å². The first-order valence-corrected chi connectivity index (χ1v) is 8.71. The average molecular weight is 339 g/mol. The third-order valence-electron chi connectivity index (χ3n) is 5.13. The zero-order chi connectivity index (χ0) is 17.4. The molecule has 2 amide bonds. The fraction of sp³-hybridized carbons (Fsp3) is 0.444. The summed E-state index contributed by atoms with van der Waals surface area (Å²) < 4.78 is 0. The highest BCUT2D eigenvalue weighted by Gasteiger charge is 2.32. The number of aromatic amines is 1. The van der Waals surface area contributed by atoms with Crippen LogP contribution < -0.4 is 10.2 Å². The van der Waals surface area contributed by atoms with Crippen LogP contribution in [0.2, 0.25) is 0 Å². The third-order valence-corrected chi connectivity index (χ3v) is 5.13. The summed E-state index contributed by atoms with van der Waals surface area (Å²) >= 11 is 0. The first kappa shape index (κ1) is 15.8. The summed E-state index contributed by atoms with van der Waals surface area (Å²) in [5.41, 5.74) is 3.94. The van der Waals surface area contributed by atoms with E-state index < -0.39 is 6.04 Å². The van der Waals surface area contributed by atoms with Gasteiger partial charge in [-0.2, -0.15) is 15.4 Å². The highest BCUT2D eigenvalue weighted by Crippen LogP contribution is 2.28. The molecular formula is C18H21N5O2. The van der Waals surface area contributed by atoms with Crippen molar-refractivity contribution < 1.29 is 9.59 Å². The molecule has 2 aliphatic rings. The van der Waals surface area contributed by atoms with E-state index in [0.717, 1.165) is 36.3 Å². The summed E-state index contributed by atoms with van der Waals surface area (Å²) in [6.07, 6.45) is 2.91. The molecule has 0 spiro atoms. The summed E-state index contributed by atoms with van der Waals surface area (Å²) in [7, 11) is 0. The van der Waals surface area contributed by atoms with Crippen molar-refractivity contribution in [3.8, 4) is 0 Å². The van der Waals surface area contributed by atoms with Crippen LogP contribution in [-0.2, 0) is 28.9 Å². The molecule has 2 heterocycles. The number of hydrogen-bond donors (Lipinski definition) is 2. The lowest BCUT2D eigenvalue weighted by Gasteiger charge is -2.25. The third kappa shape index (κ3) is 2.90. The van der Waals surface area contributed by atoms with Gasteiger partial charge in [-0.25, -0.2) is 0 Å². The number of aryl methyl sites for hydroxylation is 1. The number of nitrogens with one attached hydrogen (secondary N) is 2. The Bertz CT molecular complexity index is 815. The summed E-state index contributed by atoms with van der Waals surface area (Å²) in [6.45, 7) is 2.43. The van der Waals surface area contributed by atoms with E-state index in [9.17, 15) is 9.59 Å². The van der Waals surface area contributed by atoms with E-state index in [1.54, 1.807) is 11.8 Å². The number of para-hydroxylation sites is 1. The first-order valence-electron chi connectivity index (χ1n) is 8.71. The maximum atomic E-state index is 12.8. The van der Waals surface area contributed by atoms with Crippen LogP contribution >= 0.6 is 0 Å². The van der Waals surface area contributed by atoms with E-state index >= 15 is 0 Å². The smallest absolute Gasteiger partial charge is 0.249 e.